The lowest BCUT2D eigenvalue weighted by Crippen LogP contribution is -2.37. The van der Waals surface area contributed by atoms with Gasteiger partial charge >= 0.3 is 0 Å². The average Bonchev–Trinajstić information content (AvgIpc) is 2.93. The molecule has 4 rings (SSSR count). The average molecular weight is 304 g/mol. The largest absolute Gasteiger partial charge is 0.345 e. The van der Waals surface area contributed by atoms with Crippen LogP contribution in [-0.2, 0) is 9.59 Å². The van der Waals surface area contributed by atoms with Crippen LogP contribution in [0.2, 0.25) is 0 Å². The number of nitrogens with zero attached hydrogens (tertiary/aromatic N) is 4. The number of hydrogen-bond donors (Lipinski definition) is 0. The van der Waals surface area contributed by atoms with Crippen LogP contribution in [0.5, 0.6) is 0 Å². The quantitative estimate of drug-likeness (QED) is 0.835. The van der Waals surface area contributed by atoms with Gasteiger partial charge in [0.1, 0.15) is 0 Å². The van der Waals surface area contributed by atoms with Gasteiger partial charge in [-0.2, -0.15) is 4.98 Å². The Morgan fingerprint density at radius 3 is 2.82 bits per heavy atom. The van der Waals surface area contributed by atoms with Gasteiger partial charge in [-0.15, -0.1) is 0 Å². The van der Waals surface area contributed by atoms with Crippen molar-refractivity contribution in [2.75, 3.05) is 20.1 Å². The zero-order chi connectivity index (χ0) is 15.3. The highest BCUT2D eigenvalue weighted by Crippen LogP contribution is 2.40. The zero-order valence-electron chi connectivity index (χ0n) is 12.7. The summed E-state index contributed by atoms with van der Waals surface area (Å²) in [6.07, 6.45) is 4.36. The Morgan fingerprint density at radius 1 is 1.32 bits per heavy atom. The van der Waals surface area contributed by atoms with Crippen molar-refractivity contribution in [1.29, 1.82) is 0 Å². The maximum Gasteiger partial charge on any atom is 0.229 e. The SMILES string of the molecule is CN1CC(C(=O)N2CCCC2c2noc(C3CC3)n2)CC1=O. The molecule has 0 radical (unpaired) electrons. The summed E-state index contributed by atoms with van der Waals surface area (Å²) in [5.74, 6) is 1.64. The molecule has 3 heterocycles. The molecule has 2 aliphatic heterocycles. The van der Waals surface area contributed by atoms with Crippen molar-refractivity contribution in [3.05, 3.63) is 11.7 Å². The maximum absolute atomic E-state index is 12.7. The van der Waals surface area contributed by atoms with Crippen LogP contribution in [0.3, 0.4) is 0 Å². The molecule has 1 aromatic heterocycles. The van der Waals surface area contributed by atoms with Gasteiger partial charge in [0.15, 0.2) is 5.82 Å². The minimum Gasteiger partial charge on any atom is -0.345 e. The third kappa shape index (κ3) is 2.28. The van der Waals surface area contributed by atoms with Crippen molar-refractivity contribution in [1.82, 2.24) is 19.9 Å². The summed E-state index contributed by atoms with van der Waals surface area (Å²) in [6.45, 7) is 1.23. The molecule has 0 aromatic carbocycles. The van der Waals surface area contributed by atoms with E-state index in [1.54, 1.807) is 11.9 Å². The smallest absolute Gasteiger partial charge is 0.229 e. The van der Waals surface area contributed by atoms with Crippen LogP contribution in [0, 0.1) is 5.92 Å². The Kier molecular flexibility index (Phi) is 3.16. The first kappa shape index (κ1) is 13.7. The molecule has 2 saturated heterocycles. The van der Waals surface area contributed by atoms with E-state index >= 15 is 0 Å². The third-order valence-corrected chi connectivity index (χ3v) is 4.91. The molecular weight excluding hydrogens is 284 g/mol. The van der Waals surface area contributed by atoms with E-state index in [9.17, 15) is 9.59 Å². The molecule has 22 heavy (non-hydrogen) atoms. The predicted octanol–water partition coefficient (Wildman–Crippen LogP) is 1.09. The van der Waals surface area contributed by atoms with Gasteiger partial charge < -0.3 is 14.3 Å². The molecule has 3 aliphatic rings. The number of carbonyl (C=O) groups excluding carboxylic acids is 2. The van der Waals surface area contributed by atoms with Gasteiger partial charge in [0.05, 0.1) is 12.0 Å². The van der Waals surface area contributed by atoms with E-state index < -0.39 is 0 Å². The predicted molar refractivity (Wildman–Crippen MR) is 75.7 cm³/mol. The first-order chi connectivity index (χ1) is 10.6. The highest BCUT2D eigenvalue weighted by atomic mass is 16.5. The number of carbonyl (C=O) groups is 2. The maximum atomic E-state index is 12.7. The molecular formula is C15H20N4O3. The molecule has 3 fully saturated rings. The molecule has 7 heteroatoms. The van der Waals surface area contributed by atoms with E-state index in [0.717, 1.165) is 25.7 Å². The Morgan fingerprint density at radius 2 is 2.14 bits per heavy atom. The topological polar surface area (TPSA) is 79.5 Å². The highest BCUT2D eigenvalue weighted by Gasteiger charge is 2.41. The summed E-state index contributed by atoms with van der Waals surface area (Å²) >= 11 is 0. The number of amides is 2. The van der Waals surface area contributed by atoms with E-state index in [1.165, 1.54) is 0 Å². The molecule has 1 saturated carbocycles. The lowest BCUT2D eigenvalue weighted by atomic mass is 10.1. The summed E-state index contributed by atoms with van der Waals surface area (Å²) in [4.78, 5) is 32.4. The molecule has 0 spiro atoms. The Hall–Kier alpha value is -1.92. The molecule has 0 bridgehead atoms. The van der Waals surface area contributed by atoms with Crippen molar-refractivity contribution < 1.29 is 14.1 Å². The second kappa shape index (κ2) is 5.07. The van der Waals surface area contributed by atoms with Gasteiger partial charge in [-0.3, -0.25) is 9.59 Å². The number of rotatable bonds is 3. The molecule has 2 atom stereocenters. The summed E-state index contributed by atoms with van der Waals surface area (Å²) in [5.41, 5.74) is 0. The normalized spacial score (nSPS) is 28.7. The van der Waals surface area contributed by atoms with Gasteiger partial charge in [0.2, 0.25) is 17.7 Å². The molecule has 2 unspecified atom stereocenters. The third-order valence-electron chi connectivity index (χ3n) is 4.91. The lowest BCUT2D eigenvalue weighted by molar-refractivity contribution is -0.136. The minimum absolute atomic E-state index is 0.0460. The fraction of sp³-hybridized carbons (Fsp3) is 0.733. The Balaban J connectivity index is 1.50. The molecule has 0 N–H and O–H groups in total. The first-order valence-corrected chi connectivity index (χ1v) is 8.01. The van der Waals surface area contributed by atoms with E-state index in [4.69, 9.17) is 4.52 Å². The summed E-state index contributed by atoms with van der Waals surface area (Å²) in [6, 6.07) is -0.0928. The van der Waals surface area contributed by atoms with Gasteiger partial charge in [-0.1, -0.05) is 5.16 Å². The van der Waals surface area contributed by atoms with Crippen LogP contribution in [0.1, 0.15) is 55.8 Å². The van der Waals surface area contributed by atoms with Crippen molar-refractivity contribution in [2.24, 2.45) is 5.92 Å². The van der Waals surface area contributed by atoms with Gasteiger partial charge in [-0.25, -0.2) is 0 Å². The van der Waals surface area contributed by atoms with Crippen LogP contribution < -0.4 is 0 Å². The van der Waals surface area contributed by atoms with Gasteiger partial charge in [0.25, 0.3) is 0 Å². The van der Waals surface area contributed by atoms with E-state index in [-0.39, 0.29) is 23.8 Å². The fourth-order valence-electron chi connectivity index (χ4n) is 3.44. The Labute approximate surface area is 128 Å². The summed E-state index contributed by atoms with van der Waals surface area (Å²) in [5, 5.41) is 4.09. The van der Waals surface area contributed by atoms with Crippen LogP contribution in [0.15, 0.2) is 4.52 Å². The monoisotopic (exact) mass is 304 g/mol. The van der Waals surface area contributed by atoms with Crippen LogP contribution in [-0.4, -0.2) is 51.9 Å². The van der Waals surface area contributed by atoms with Crippen molar-refractivity contribution in [3.8, 4) is 0 Å². The van der Waals surface area contributed by atoms with Crippen LogP contribution >= 0.6 is 0 Å². The first-order valence-electron chi connectivity index (χ1n) is 8.01. The van der Waals surface area contributed by atoms with E-state index in [1.807, 2.05) is 4.90 Å². The van der Waals surface area contributed by atoms with Gasteiger partial charge in [-0.05, 0) is 25.7 Å². The van der Waals surface area contributed by atoms with Crippen molar-refractivity contribution in [2.45, 2.75) is 44.1 Å². The lowest BCUT2D eigenvalue weighted by Gasteiger charge is -2.25. The second-order valence-corrected chi connectivity index (χ2v) is 6.63. The molecule has 1 aromatic rings. The fourth-order valence-corrected chi connectivity index (χ4v) is 3.44. The molecule has 1 aliphatic carbocycles. The van der Waals surface area contributed by atoms with Crippen LogP contribution in [0.4, 0.5) is 0 Å². The molecule has 2 amide bonds. The summed E-state index contributed by atoms with van der Waals surface area (Å²) in [7, 11) is 1.75. The van der Waals surface area contributed by atoms with E-state index in [0.29, 0.717) is 37.1 Å². The standard InChI is InChI=1S/C15H20N4O3/c1-18-8-10(7-12(18)20)15(21)19-6-2-3-11(19)13-16-14(22-17-13)9-4-5-9/h9-11H,2-8H2,1H3. The molecule has 118 valence electrons. The number of likely N-dealkylation sites (tertiary alicyclic amines) is 2. The number of aromatic nitrogens is 2. The highest BCUT2D eigenvalue weighted by molar-refractivity contribution is 5.89. The second-order valence-electron chi connectivity index (χ2n) is 6.63. The Bertz CT molecular complexity index is 610. The zero-order valence-corrected chi connectivity index (χ0v) is 12.7. The van der Waals surface area contributed by atoms with Gasteiger partial charge in [0, 0.05) is 32.5 Å². The van der Waals surface area contributed by atoms with Crippen molar-refractivity contribution >= 4 is 11.8 Å². The molecule has 7 nitrogen and oxygen atoms in total. The minimum atomic E-state index is -0.229. The number of hydrogen-bond acceptors (Lipinski definition) is 5. The van der Waals surface area contributed by atoms with Crippen LogP contribution in [0.25, 0.3) is 0 Å². The summed E-state index contributed by atoms with van der Waals surface area (Å²) < 4.78 is 5.33. The van der Waals surface area contributed by atoms with Crippen molar-refractivity contribution in [3.63, 3.8) is 0 Å². The van der Waals surface area contributed by atoms with E-state index in [2.05, 4.69) is 10.1 Å².